The average Bonchev–Trinajstić information content (AvgIpc) is 2.25. The van der Waals surface area contributed by atoms with Gasteiger partial charge >= 0.3 is 5.97 Å². The lowest BCUT2D eigenvalue weighted by molar-refractivity contribution is 0.0296. The molecular formula is C14H20O3. The maximum absolute atomic E-state index is 11.6. The Morgan fingerprint density at radius 1 is 1.29 bits per heavy atom. The maximum atomic E-state index is 11.6. The van der Waals surface area contributed by atoms with Crippen LogP contribution in [0, 0.1) is 0 Å². The fourth-order valence-corrected chi connectivity index (χ4v) is 1.39. The van der Waals surface area contributed by atoms with Crippen molar-refractivity contribution in [2.45, 2.75) is 39.2 Å². The predicted molar refractivity (Wildman–Crippen MR) is 67.1 cm³/mol. The lowest BCUT2D eigenvalue weighted by Crippen LogP contribution is -2.16. The summed E-state index contributed by atoms with van der Waals surface area (Å²) in [5.74, 6) is -0.397. The second-order valence-corrected chi connectivity index (χ2v) is 5.27. The van der Waals surface area contributed by atoms with Crippen molar-refractivity contribution in [1.82, 2.24) is 0 Å². The van der Waals surface area contributed by atoms with Crippen LogP contribution in [-0.4, -0.2) is 23.8 Å². The molecule has 3 nitrogen and oxygen atoms in total. The van der Waals surface area contributed by atoms with E-state index >= 15 is 0 Å². The van der Waals surface area contributed by atoms with Gasteiger partial charge in [0.2, 0.25) is 0 Å². The summed E-state index contributed by atoms with van der Waals surface area (Å²) in [5, 5.41) is 9.02. The van der Waals surface area contributed by atoms with Crippen molar-refractivity contribution in [1.29, 1.82) is 0 Å². The zero-order chi connectivity index (χ0) is 13.1. The largest absolute Gasteiger partial charge is 0.459 e. The van der Waals surface area contributed by atoms with Gasteiger partial charge in [-0.25, -0.2) is 4.79 Å². The Hall–Kier alpha value is -1.35. The van der Waals surface area contributed by atoms with Gasteiger partial charge in [-0.05, 0) is 30.0 Å². The van der Waals surface area contributed by atoms with Crippen LogP contribution in [0.1, 0.15) is 43.6 Å². The van der Waals surface area contributed by atoms with Gasteiger partial charge in [-0.2, -0.15) is 0 Å². The first-order valence-corrected chi connectivity index (χ1v) is 5.76. The van der Waals surface area contributed by atoms with Crippen LogP contribution >= 0.6 is 0 Å². The molecule has 0 saturated carbocycles. The zero-order valence-corrected chi connectivity index (χ0v) is 10.9. The lowest BCUT2D eigenvalue weighted by atomic mass is 9.87. The van der Waals surface area contributed by atoms with Crippen LogP contribution in [0.5, 0.6) is 0 Å². The van der Waals surface area contributed by atoms with Crippen LogP contribution in [0.4, 0.5) is 0 Å². The van der Waals surface area contributed by atoms with Gasteiger partial charge in [-0.15, -0.1) is 0 Å². The number of aliphatic hydroxyl groups is 1. The standard InChI is InChI=1S/C14H20O3/c1-10(15)9-17-13(16)11-5-7-12(8-6-11)14(2,3)4/h5-8,10,15H,9H2,1-4H3. The molecule has 0 fully saturated rings. The van der Waals surface area contributed by atoms with Gasteiger partial charge < -0.3 is 9.84 Å². The summed E-state index contributed by atoms with van der Waals surface area (Å²) in [6, 6.07) is 7.37. The Balaban J connectivity index is 2.71. The first-order chi connectivity index (χ1) is 7.80. The van der Waals surface area contributed by atoms with Crippen LogP contribution in [0.25, 0.3) is 0 Å². The molecule has 1 rings (SSSR count). The molecule has 3 heteroatoms. The molecule has 0 radical (unpaired) electrons. The first kappa shape index (κ1) is 13.7. The average molecular weight is 236 g/mol. The molecule has 17 heavy (non-hydrogen) atoms. The number of carbonyl (C=O) groups excluding carboxylic acids is 1. The third kappa shape index (κ3) is 4.19. The van der Waals surface area contributed by atoms with E-state index in [4.69, 9.17) is 9.84 Å². The highest BCUT2D eigenvalue weighted by Crippen LogP contribution is 2.22. The molecule has 0 aliphatic heterocycles. The van der Waals surface area contributed by atoms with Gasteiger partial charge in [0, 0.05) is 0 Å². The third-order valence-corrected chi connectivity index (χ3v) is 2.44. The third-order valence-electron chi connectivity index (χ3n) is 2.44. The van der Waals surface area contributed by atoms with Crippen LogP contribution < -0.4 is 0 Å². The number of hydrogen-bond donors (Lipinski definition) is 1. The van der Waals surface area contributed by atoms with Gasteiger partial charge in [0.1, 0.15) is 6.61 Å². The molecule has 0 aliphatic rings. The molecule has 1 N–H and O–H groups in total. The summed E-state index contributed by atoms with van der Waals surface area (Å²) >= 11 is 0. The van der Waals surface area contributed by atoms with Crippen molar-refractivity contribution in [2.24, 2.45) is 0 Å². The van der Waals surface area contributed by atoms with E-state index in [-0.39, 0.29) is 12.0 Å². The molecule has 1 atom stereocenters. The van der Waals surface area contributed by atoms with Crippen molar-refractivity contribution in [3.05, 3.63) is 35.4 Å². The van der Waals surface area contributed by atoms with Crippen LogP contribution in [0.15, 0.2) is 24.3 Å². The molecule has 1 aromatic rings. The van der Waals surface area contributed by atoms with E-state index in [9.17, 15) is 4.79 Å². The van der Waals surface area contributed by atoms with Crippen molar-refractivity contribution < 1.29 is 14.6 Å². The van der Waals surface area contributed by atoms with Gasteiger partial charge in [0.25, 0.3) is 0 Å². The fraction of sp³-hybridized carbons (Fsp3) is 0.500. The number of carbonyl (C=O) groups is 1. The molecule has 1 unspecified atom stereocenters. The molecule has 0 spiro atoms. The molecule has 0 aliphatic carbocycles. The Labute approximate surface area is 102 Å². The van der Waals surface area contributed by atoms with Gasteiger partial charge in [-0.3, -0.25) is 0 Å². The molecule has 0 amide bonds. The summed E-state index contributed by atoms with van der Waals surface area (Å²) in [7, 11) is 0. The number of hydrogen-bond acceptors (Lipinski definition) is 3. The number of aliphatic hydroxyl groups excluding tert-OH is 1. The molecular weight excluding hydrogens is 216 g/mol. The van der Waals surface area contributed by atoms with Crippen LogP contribution in [-0.2, 0) is 10.2 Å². The maximum Gasteiger partial charge on any atom is 0.338 e. The molecule has 0 heterocycles. The highest BCUT2D eigenvalue weighted by molar-refractivity contribution is 5.89. The first-order valence-electron chi connectivity index (χ1n) is 5.76. The normalized spacial score (nSPS) is 13.2. The zero-order valence-electron chi connectivity index (χ0n) is 10.9. The minimum absolute atomic E-state index is 0.0276. The minimum Gasteiger partial charge on any atom is -0.459 e. The Morgan fingerprint density at radius 3 is 2.24 bits per heavy atom. The van der Waals surface area contributed by atoms with Gasteiger partial charge in [0.15, 0.2) is 0 Å². The Kier molecular flexibility index (Phi) is 4.29. The minimum atomic E-state index is -0.632. The second kappa shape index (κ2) is 5.32. The van der Waals surface area contributed by atoms with Crippen molar-refractivity contribution >= 4 is 5.97 Å². The lowest BCUT2D eigenvalue weighted by Gasteiger charge is -2.19. The van der Waals surface area contributed by atoms with Crippen LogP contribution in [0.2, 0.25) is 0 Å². The highest BCUT2D eigenvalue weighted by atomic mass is 16.5. The monoisotopic (exact) mass is 236 g/mol. The fourth-order valence-electron chi connectivity index (χ4n) is 1.39. The van der Waals surface area contributed by atoms with Gasteiger partial charge in [-0.1, -0.05) is 32.9 Å². The Morgan fingerprint density at radius 2 is 1.82 bits per heavy atom. The van der Waals surface area contributed by atoms with E-state index < -0.39 is 12.1 Å². The van der Waals surface area contributed by atoms with E-state index in [1.165, 1.54) is 5.56 Å². The van der Waals surface area contributed by atoms with E-state index in [1.807, 2.05) is 12.1 Å². The highest BCUT2D eigenvalue weighted by Gasteiger charge is 2.14. The van der Waals surface area contributed by atoms with Crippen molar-refractivity contribution in [3.8, 4) is 0 Å². The summed E-state index contributed by atoms with van der Waals surface area (Å²) in [4.78, 5) is 11.6. The summed E-state index contributed by atoms with van der Waals surface area (Å²) in [5.41, 5.74) is 1.76. The topological polar surface area (TPSA) is 46.5 Å². The van der Waals surface area contributed by atoms with Crippen molar-refractivity contribution in [3.63, 3.8) is 0 Å². The predicted octanol–water partition coefficient (Wildman–Crippen LogP) is 2.52. The number of esters is 1. The van der Waals surface area contributed by atoms with E-state index in [0.717, 1.165) is 0 Å². The van der Waals surface area contributed by atoms with E-state index in [1.54, 1.807) is 19.1 Å². The Bertz CT molecular complexity index is 371. The van der Waals surface area contributed by atoms with E-state index in [2.05, 4.69) is 20.8 Å². The van der Waals surface area contributed by atoms with Crippen LogP contribution in [0.3, 0.4) is 0 Å². The SMILES string of the molecule is CC(O)COC(=O)c1ccc(C(C)(C)C)cc1. The van der Waals surface area contributed by atoms with E-state index in [0.29, 0.717) is 5.56 Å². The molecule has 94 valence electrons. The second-order valence-electron chi connectivity index (χ2n) is 5.27. The van der Waals surface area contributed by atoms with Gasteiger partial charge in [0.05, 0.1) is 11.7 Å². The van der Waals surface area contributed by atoms with Crippen molar-refractivity contribution in [2.75, 3.05) is 6.61 Å². The number of ether oxygens (including phenoxy) is 1. The quantitative estimate of drug-likeness (QED) is 0.820. The summed E-state index contributed by atoms with van der Waals surface area (Å²) in [6.07, 6.45) is -0.632. The number of rotatable bonds is 3. The summed E-state index contributed by atoms with van der Waals surface area (Å²) in [6.45, 7) is 7.96. The smallest absolute Gasteiger partial charge is 0.338 e. The summed E-state index contributed by atoms with van der Waals surface area (Å²) < 4.78 is 4.93. The molecule has 0 aromatic heterocycles. The molecule has 1 aromatic carbocycles. The molecule has 0 saturated heterocycles. The molecule has 0 bridgehead atoms. The number of benzene rings is 1.